The van der Waals surface area contributed by atoms with Crippen molar-refractivity contribution in [3.8, 4) is 17.2 Å². The van der Waals surface area contributed by atoms with Crippen molar-refractivity contribution in [2.24, 2.45) is 0 Å². The van der Waals surface area contributed by atoms with Crippen LogP contribution in [-0.4, -0.2) is 36.2 Å². The highest BCUT2D eigenvalue weighted by Crippen LogP contribution is 2.30. The third-order valence-electron chi connectivity index (χ3n) is 4.69. The van der Waals surface area contributed by atoms with Gasteiger partial charge in [-0.2, -0.15) is 0 Å². The zero-order valence-corrected chi connectivity index (χ0v) is 22.3. The van der Waals surface area contributed by atoms with E-state index >= 15 is 0 Å². The summed E-state index contributed by atoms with van der Waals surface area (Å²) >= 11 is 0. The Morgan fingerprint density at radius 2 is 1.08 bits per heavy atom. The van der Waals surface area contributed by atoms with Crippen molar-refractivity contribution in [2.45, 2.75) is 49.7 Å². The van der Waals surface area contributed by atoms with Crippen LogP contribution in [0.3, 0.4) is 0 Å². The van der Waals surface area contributed by atoms with Gasteiger partial charge in [-0.3, -0.25) is 9.44 Å². The molecule has 0 saturated heterocycles. The molecule has 0 saturated carbocycles. The number of methoxy groups -OCH3 is 1. The van der Waals surface area contributed by atoms with E-state index in [-0.39, 0.29) is 33.4 Å². The molecule has 36 heavy (non-hydrogen) atoms. The highest BCUT2D eigenvalue weighted by atomic mass is 32.2. The first kappa shape index (κ1) is 27.2. The number of ether oxygens (including phenoxy) is 3. The van der Waals surface area contributed by atoms with Crippen LogP contribution in [0, 0.1) is 0 Å². The van der Waals surface area contributed by atoms with Crippen molar-refractivity contribution >= 4 is 31.4 Å². The maximum absolute atomic E-state index is 13.2. The molecule has 194 valence electrons. The summed E-state index contributed by atoms with van der Waals surface area (Å²) in [7, 11) is -6.99. The van der Waals surface area contributed by atoms with E-state index in [2.05, 4.69) is 9.44 Å². The molecule has 0 bridgehead atoms. The second-order valence-corrected chi connectivity index (χ2v) is 11.7. The first-order chi connectivity index (χ1) is 16.9. The van der Waals surface area contributed by atoms with Crippen molar-refractivity contribution in [1.29, 1.82) is 0 Å². The fourth-order valence-corrected chi connectivity index (χ4v) is 5.62. The van der Waals surface area contributed by atoms with E-state index < -0.39 is 20.0 Å². The first-order valence-electron chi connectivity index (χ1n) is 11.2. The Balaban J connectivity index is 1.86. The molecule has 0 radical (unpaired) electrons. The van der Waals surface area contributed by atoms with E-state index in [9.17, 15) is 16.8 Å². The highest BCUT2D eigenvalue weighted by molar-refractivity contribution is 7.93. The van der Waals surface area contributed by atoms with Crippen LogP contribution in [0.25, 0.3) is 0 Å². The van der Waals surface area contributed by atoms with Gasteiger partial charge in [0.15, 0.2) is 0 Å². The number of hydrogen-bond donors (Lipinski definition) is 2. The van der Waals surface area contributed by atoms with E-state index in [1.165, 1.54) is 19.2 Å². The third kappa shape index (κ3) is 7.05. The van der Waals surface area contributed by atoms with E-state index in [4.69, 9.17) is 14.2 Å². The van der Waals surface area contributed by atoms with E-state index in [0.29, 0.717) is 17.2 Å². The van der Waals surface area contributed by atoms with Crippen LogP contribution >= 0.6 is 0 Å². The zero-order chi connectivity index (χ0) is 26.5. The van der Waals surface area contributed by atoms with E-state index in [1.807, 2.05) is 27.7 Å². The third-order valence-corrected chi connectivity index (χ3v) is 7.47. The predicted molar refractivity (Wildman–Crippen MR) is 139 cm³/mol. The molecule has 3 aromatic carbocycles. The van der Waals surface area contributed by atoms with Gasteiger partial charge in [0, 0.05) is 11.4 Å². The minimum atomic E-state index is -4.19. The van der Waals surface area contributed by atoms with Gasteiger partial charge < -0.3 is 14.2 Å². The molecule has 0 fully saturated rings. The summed E-state index contributed by atoms with van der Waals surface area (Å²) in [6.07, 6.45) is -0.0476. The summed E-state index contributed by atoms with van der Waals surface area (Å²) in [6.45, 7) is 7.54. The van der Waals surface area contributed by atoms with Gasteiger partial charge in [0.2, 0.25) is 0 Å². The molecule has 0 aliphatic carbocycles. The van der Waals surface area contributed by atoms with Crippen LogP contribution in [0.1, 0.15) is 27.7 Å². The molecule has 3 aromatic rings. The minimum absolute atomic E-state index is 0.00333. The highest BCUT2D eigenvalue weighted by Gasteiger charge is 2.24. The molecule has 3 rings (SSSR count). The maximum Gasteiger partial charge on any atom is 0.265 e. The summed E-state index contributed by atoms with van der Waals surface area (Å²) in [4.78, 5) is -0.567. The summed E-state index contributed by atoms with van der Waals surface area (Å²) in [6, 6.07) is 16.4. The Kier molecular flexibility index (Phi) is 8.36. The number of nitrogens with one attached hydrogen (secondary N) is 2. The molecule has 0 atom stereocenters. The van der Waals surface area contributed by atoms with Crippen LogP contribution in [0.5, 0.6) is 17.2 Å². The lowest BCUT2D eigenvalue weighted by Gasteiger charge is -2.15. The number of rotatable bonds is 11. The monoisotopic (exact) mass is 534 g/mol. The van der Waals surface area contributed by atoms with Crippen LogP contribution in [0.4, 0.5) is 11.4 Å². The van der Waals surface area contributed by atoms with Gasteiger partial charge >= 0.3 is 0 Å². The molecule has 0 aliphatic heterocycles. The van der Waals surface area contributed by atoms with E-state index in [1.54, 1.807) is 48.5 Å². The van der Waals surface area contributed by atoms with Crippen molar-refractivity contribution in [1.82, 2.24) is 0 Å². The molecular weight excluding hydrogens is 504 g/mol. The molecule has 11 heteroatoms. The molecule has 2 N–H and O–H groups in total. The lowest BCUT2D eigenvalue weighted by atomic mass is 10.3. The standard InChI is InChI=1S/C25H30N2O7S2/c1-17(2)33-21-10-6-19(7-11-21)26-35(28,29)23-14-15-24(32-5)25(16-23)36(30,31)27-20-8-12-22(13-9-20)34-18(3)4/h6-18,26-27H,1-5H3. The number of hydrogen-bond acceptors (Lipinski definition) is 7. The molecule has 0 unspecified atom stereocenters. The van der Waals surface area contributed by atoms with Gasteiger partial charge in [-0.15, -0.1) is 0 Å². The Morgan fingerprint density at radius 1 is 0.639 bits per heavy atom. The molecular formula is C25H30N2O7S2. The summed E-state index contributed by atoms with van der Waals surface area (Å²) in [5, 5.41) is 0. The van der Waals surface area contributed by atoms with Crippen LogP contribution in [0.2, 0.25) is 0 Å². The van der Waals surface area contributed by atoms with Gasteiger partial charge in [0.25, 0.3) is 20.0 Å². The summed E-state index contributed by atoms with van der Waals surface area (Å²) in [5.41, 5.74) is 0.580. The topological polar surface area (TPSA) is 120 Å². The van der Waals surface area contributed by atoms with Gasteiger partial charge in [-0.25, -0.2) is 16.8 Å². The van der Waals surface area contributed by atoms with Crippen molar-refractivity contribution < 1.29 is 31.0 Å². The molecule has 0 heterocycles. The molecule has 0 spiro atoms. The minimum Gasteiger partial charge on any atom is -0.495 e. The van der Waals surface area contributed by atoms with Crippen molar-refractivity contribution in [3.05, 3.63) is 66.7 Å². The smallest absolute Gasteiger partial charge is 0.265 e. The van der Waals surface area contributed by atoms with Gasteiger partial charge in [-0.1, -0.05) is 0 Å². The molecule has 0 amide bonds. The summed E-state index contributed by atoms with van der Waals surface area (Å²) < 4.78 is 73.6. The van der Waals surface area contributed by atoms with Crippen LogP contribution in [-0.2, 0) is 20.0 Å². The Morgan fingerprint density at radius 3 is 1.50 bits per heavy atom. The molecule has 0 aliphatic rings. The fraction of sp³-hybridized carbons (Fsp3) is 0.280. The quantitative estimate of drug-likeness (QED) is 0.360. The zero-order valence-electron chi connectivity index (χ0n) is 20.7. The SMILES string of the molecule is COc1ccc(S(=O)(=O)Nc2ccc(OC(C)C)cc2)cc1S(=O)(=O)Nc1ccc(OC(C)C)cc1. The molecule has 0 aromatic heterocycles. The lowest BCUT2D eigenvalue weighted by Crippen LogP contribution is -2.17. The Bertz CT molecular complexity index is 1390. The normalized spacial score (nSPS) is 11.9. The van der Waals surface area contributed by atoms with Crippen molar-refractivity contribution in [3.63, 3.8) is 0 Å². The Hall–Kier alpha value is -3.44. The van der Waals surface area contributed by atoms with Gasteiger partial charge in [-0.05, 0) is 94.4 Å². The van der Waals surface area contributed by atoms with E-state index in [0.717, 1.165) is 6.07 Å². The average molecular weight is 535 g/mol. The Labute approximate surface area is 212 Å². The first-order valence-corrected chi connectivity index (χ1v) is 14.1. The van der Waals surface area contributed by atoms with Crippen molar-refractivity contribution in [2.75, 3.05) is 16.6 Å². The number of benzene rings is 3. The van der Waals surface area contributed by atoms with Crippen LogP contribution in [0.15, 0.2) is 76.5 Å². The second kappa shape index (κ2) is 11.1. The number of sulfonamides is 2. The van der Waals surface area contributed by atoms with Crippen LogP contribution < -0.4 is 23.7 Å². The fourth-order valence-electron chi connectivity index (χ4n) is 3.21. The lowest BCUT2D eigenvalue weighted by molar-refractivity contribution is 0.242. The van der Waals surface area contributed by atoms with Gasteiger partial charge in [0.1, 0.15) is 22.1 Å². The second-order valence-electron chi connectivity index (χ2n) is 8.41. The predicted octanol–water partition coefficient (Wildman–Crippen LogP) is 4.87. The largest absolute Gasteiger partial charge is 0.495 e. The number of anilines is 2. The average Bonchev–Trinajstić information content (AvgIpc) is 2.80. The van der Waals surface area contributed by atoms with Gasteiger partial charge in [0.05, 0.1) is 24.2 Å². The summed E-state index contributed by atoms with van der Waals surface area (Å²) in [5.74, 6) is 1.19. The molecule has 9 nitrogen and oxygen atoms in total. The maximum atomic E-state index is 13.2.